The normalized spacial score (nSPS) is 19.2. The Balaban J connectivity index is 2.00. The molecule has 19 heavy (non-hydrogen) atoms. The van der Waals surface area contributed by atoms with Gasteiger partial charge in [-0.3, -0.25) is 4.79 Å². The average molecular weight is 278 g/mol. The van der Waals surface area contributed by atoms with Crippen LogP contribution in [0.4, 0.5) is 0 Å². The van der Waals surface area contributed by atoms with Gasteiger partial charge in [0, 0.05) is 28.8 Å². The smallest absolute Gasteiger partial charge is 0.253 e. The molecular formula is C15H22N2OS. The van der Waals surface area contributed by atoms with Gasteiger partial charge in [0.1, 0.15) is 0 Å². The molecule has 1 amide bonds. The minimum Gasteiger partial charge on any atom is -0.338 e. The Labute approximate surface area is 119 Å². The Morgan fingerprint density at radius 3 is 2.63 bits per heavy atom. The van der Waals surface area contributed by atoms with Crippen molar-refractivity contribution in [1.29, 1.82) is 0 Å². The van der Waals surface area contributed by atoms with E-state index in [0.717, 1.165) is 25.1 Å². The third kappa shape index (κ3) is 3.74. The van der Waals surface area contributed by atoms with Gasteiger partial charge in [-0.25, -0.2) is 0 Å². The molecule has 1 aliphatic rings. The molecule has 1 aliphatic heterocycles. The second-order valence-electron chi connectivity index (χ2n) is 5.33. The molecule has 1 aromatic carbocycles. The zero-order valence-corrected chi connectivity index (χ0v) is 12.5. The lowest BCUT2D eigenvalue weighted by atomic mass is 10.1. The Bertz CT molecular complexity index is 430. The summed E-state index contributed by atoms with van der Waals surface area (Å²) in [5.74, 6) is 0.608. The zero-order chi connectivity index (χ0) is 13.8. The fourth-order valence-corrected chi connectivity index (χ4v) is 3.18. The molecule has 0 saturated carbocycles. The fraction of sp³-hybridized carbons (Fsp3) is 0.533. The van der Waals surface area contributed by atoms with Crippen LogP contribution in [-0.4, -0.2) is 35.7 Å². The van der Waals surface area contributed by atoms with E-state index in [0.29, 0.717) is 17.7 Å². The molecule has 1 fully saturated rings. The summed E-state index contributed by atoms with van der Waals surface area (Å²) in [5.41, 5.74) is 6.44. The maximum Gasteiger partial charge on any atom is 0.253 e. The highest BCUT2D eigenvalue weighted by Gasteiger charge is 2.25. The fourth-order valence-electron chi connectivity index (χ4n) is 2.34. The highest BCUT2D eigenvalue weighted by atomic mass is 32.2. The summed E-state index contributed by atoms with van der Waals surface area (Å²) in [4.78, 5) is 15.5. The predicted octanol–water partition coefficient (Wildman–Crippen LogP) is 2.61. The topological polar surface area (TPSA) is 46.3 Å². The molecule has 0 radical (unpaired) electrons. The zero-order valence-electron chi connectivity index (χ0n) is 11.6. The third-order valence-electron chi connectivity index (χ3n) is 3.38. The maximum absolute atomic E-state index is 12.3. The van der Waals surface area contributed by atoms with Crippen LogP contribution in [0.15, 0.2) is 29.2 Å². The summed E-state index contributed by atoms with van der Waals surface area (Å²) in [5, 5.41) is 0.561. The number of thioether (sulfide) groups is 1. The van der Waals surface area contributed by atoms with E-state index in [9.17, 15) is 4.79 Å². The second kappa shape index (κ2) is 6.44. The largest absolute Gasteiger partial charge is 0.338 e. The Kier molecular flexibility index (Phi) is 4.88. The lowest BCUT2D eigenvalue weighted by Gasteiger charge is -2.16. The number of nitrogens with two attached hydrogens (primary N) is 1. The molecule has 104 valence electrons. The van der Waals surface area contributed by atoms with Gasteiger partial charge in [-0.2, -0.15) is 0 Å². The summed E-state index contributed by atoms with van der Waals surface area (Å²) in [6.45, 7) is 6.65. The molecule has 1 saturated heterocycles. The first-order valence-electron chi connectivity index (χ1n) is 6.86. The van der Waals surface area contributed by atoms with Crippen molar-refractivity contribution in [3.63, 3.8) is 0 Å². The van der Waals surface area contributed by atoms with Crippen molar-refractivity contribution in [1.82, 2.24) is 4.90 Å². The van der Waals surface area contributed by atoms with Crippen LogP contribution in [0.2, 0.25) is 0 Å². The number of nitrogens with zero attached hydrogens (tertiary/aromatic N) is 1. The van der Waals surface area contributed by atoms with E-state index in [4.69, 9.17) is 5.73 Å². The molecule has 3 nitrogen and oxygen atoms in total. The van der Waals surface area contributed by atoms with Crippen molar-refractivity contribution in [2.75, 3.05) is 19.6 Å². The summed E-state index contributed by atoms with van der Waals surface area (Å²) < 4.78 is 0. The van der Waals surface area contributed by atoms with Crippen molar-refractivity contribution >= 4 is 17.7 Å². The van der Waals surface area contributed by atoms with Crippen molar-refractivity contribution in [2.45, 2.75) is 30.4 Å². The highest BCUT2D eigenvalue weighted by molar-refractivity contribution is 7.99. The second-order valence-corrected chi connectivity index (χ2v) is 6.98. The summed E-state index contributed by atoms with van der Waals surface area (Å²) >= 11 is 1.81. The molecule has 1 heterocycles. The molecule has 1 atom stereocenters. The van der Waals surface area contributed by atoms with Crippen LogP contribution in [-0.2, 0) is 0 Å². The molecule has 1 unspecified atom stereocenters. The van der Waals surface area contributed by atoms with E-state index in [1.165, 1.54) is 4.90 Å². The standard InChI is InChI=1S/C15H22N2OS/c1-11(2)19-14-5-3-13(4-6-14)15(18)17-8-7-12(9-16)10-17/h3-6,11-12H,7-10,16H2,1-2H3. The van der Waals surface area contributed by atoms with Gasteiger partial charge < -0.3 is 10.6 Å². The molecule has 2 N–H and O–H groups in total. The lowest BCUT2D eigenvalue weighted by molar-refractivity contribution is 0.0787. The number of likely N-dealkylation sites (tertiary alicyclic amines) is 1. The number of amides is 1. The molecule has 0 bridgehead atoms. The minimum absolute atomic E-state index is 0.136. The van der Waals surface area contributed by atoms with Crippen LogP contribution in [0.3, 0.4) is 0 Å². The van der Waals surface area contributed by atoms with Crippen molar-refractivity contribution in [3.8, 4) is 0 Å². The first-order chi connectivity index (χ1) is 9.10. The highest BCUT2D eigenvalue weighted by Crippen LogP contribution is 2.24. The molecular weight excluding hydrogens is 256 g/mol. The first kappa shape index (κ1) is 14.4. The summed E-state index contributed by atoms with van der Waals surface area (Å²) in [6.07, 6.45) is 1.03. The summed E-state index contributed by atoms with van der Waals surface area (Å²) in [6, 6.07) is 7.94. The van der Waals surface area contributed by atoms with Crippen LogP contribution in [0, 0.1) is 5.92 Å². The third-order valence-corrected chi connectivity index (χ3v) is 4.40. The predicted molar refractivity (Wildman–Crippen MR) is 80.5 cm³/mol. The first-order valence-corrected chi connectivity index (χ1v) is 7.74. The van der Waals surface area contributed by atoms with Crippen LogP contribution >= 0.6 is 11.8 Å². The Morgan fingerprint density at radius 1 is 1.42 bits per heavy atom. The molecule has 0 spiro atoms. The molecule has 0 aliphatic carbocycles. The minimum atomic E-state index is 0.136. The molecule has 4 heteroatoms. The number of carbonyl (C=O) groups excluding carboxylic acids is 1. The number of rotatable bonds is 4. The van der Waals surface area contributed by atoms with E-state index < -0.39 is 0 Å². The molecule has 2 rings (SSSR count). The average Bonchev–Trinajstić information content (AvgIpc) is 2.87. The van der Waals surface area contributed by atoms with E-state index >= 15 is 0 Å². The van der Waals surface area contributed by atoms with Crippen molar-refractivity contribution in [2.24, 2.45) is 11.7 Å². The van der Waals surface area contributed by atoms with Gasteiger partial charge >= 0.3 is 0 Å². The van der Waals surface area contributed by atoms with E-state index in [1.54, 1.807) is 0 Å². The summed E-state index contributed by atoms with van der Waals surface area (Å²) in [7, 11) is 0. The van der Waals surface area contributed by atoms with E-state index in [1.807, 2.05) is 40.9 Å². The van der Waals surface area contributed by atoms with Gasteiger partial charge in [0.25, 0.3) is 5.91 Å². The van der Waals surface area contributed by atoms with Crippen molar-refractivity contribution in [3.05, 3.63) is 29.8 Å². The Hall–Kier alpha value is -1.00. The van der Waals surface area contributed by atoms with Crippen LogP contribution in [0.25, 0.3) is 0 Å². The van der Waals surface area contributed by atoms with Gasteiger partial charge in [-0.05, 0) is 43.1 Å². The van der Waals surface area contributed by atoms with Gasteiger partial charge in [0.2, 0.25) is 0 Å². The van der Waals surface area contributed by atoms with E-state index in [2.05, 4.69) is 13.8 Å². The van der Waals surface area contributed by atoms with Crippen LogP contribution in [0.1, 0.15) is 30.6 Å². The number of carbonyl (C=O) groups is 1. The van der Waals surface area contributed by atoms with Crippen LogP contribution < -0.4 is 5.73 Å². The van der Waals surface area contributed by atoms with Gasteiger partial charge in [0.15, 0.2) is 0 Å². The SMILES string of the molecule is CC(C)Sc1ccc(C(=O)N2CCC(CN)C2)cc1. The quantitative estimate of drug-likeness (QED) is 0.861. The molecule has 1 aromatic rings. The number of benzene rings is 1. The van der Waals surface area contributed by atoms with Gasteiger partial charge in [-0.15, -0.1) is 11.8 Å². The number of hydrogen-bond donors (Lipinski definition) is 1. The van der Waals surface area contributed by atoms with Gasteiger partial charge in [-0.1, -0.05) is 13.8 Å². The van der Waals surface area contributed by atoms with Gasteiger partial charge in [0.05, 0.1) is 0 Å². The van der Waals surface area contributed by atoms with Crippen molar-refractivity contribution < 1.29 is 4.79 Å². The Morgan fingerprint density at radius 2 is 2.11 bits per heavy atom. The lowest BCUT2D eigenvalue weighted by Crippen LogP contribution is -2.29. The van der Waals surface area contributed by atoms with Crippen LogP contribution in [0.5, 0.6) is 0 Å². The molecule has 0 aromatic heterocycles. The monoisotopic (exact) mass is 278 g/mol. The number of hydrogen-bond acceptors (Lipinski definition) is 3. The van der Waals surface area contributed by atoms with E-state index in [-0.39, 0.29) is 5.91 Å². The maximum atomic E-state index is 12.3.